The third kappa shape index (κ3) is 5.06. The number of benzene rings is 8. The average Bonchev–Trinajstić information content (AvgIpc) is 3.77. The third-order valence-electron chi connectivity index (χ3n) is 9.91. The summed E-state index contributed by atoms with van der Waals surface area (Å²) in [6, 6.07) is 66.2. The van der Waals surface area contributed by atoms with Gasteiger partial charge in [0, 0.05) is 44.2 Å². The summed E-state index contributed by atoms with van der Waals surface area (Å²) in [6.07, 6.45) is 0. The number of hydrogen-bond acceptors (Lipinski definition) is 3. The predicted octanol–water partition coefficient (Wildman–Crippen LogP) is 14.0. The topological polar surface area (TPSA) is 29.5 Å². The summed E-state index contributed by atoms with van der Waals surface area (Å²) in [4.78, 5) is 2.31. The van der Waals surface area contributed by atoms with Crippen molar-refractivity contribution in [1.29, 1.82) is 0 Å². The number of anilines is 3. The Bertz CT molecular complexity index is 2830. The van der Waals surface area contributed by atoms with Crippen molar-refractivity contribution >= 4 is 60.9 Å². The molecular formula is C48H31NO2. The molecule has 8 aromatic carbocycles. The largest absolute Gasteiger partial charge is 0.456 e. The maximum atomic E-state index is 6.37. The Kier molecular flexibility index (Phi) is 6.81. The van der Waals surface area contributed by atoms with Crippen LogP contribution in [0.15, 0.2) is 197 Å². The van der Waals surface area contributed by atoms with Crippen LogP contribution in [0.2, 0.25) is 0 Å². The van der Waals surface area contributed by atoms with Gasteiger partial charge in [-0.3, -0.25) is 0 Å². The van der Waals surface area contributed by atoms with Crippen LogP contribution in [0.5, 0.6) is 0 Å². The normalized spacial score (nSPS) is 11.5. The molecule has 10 rings (SSSR count). The standard InChI is InChI=1S/C48H31NO2/c1-2-9-32(10-3-1)33-17-24-37(25-18-33)49(38-26-19-34(20-27-38)36-23-30-43-41-11-4-6-15-45(41)50-47(43)31-36)39-28-21-35(22-29-39)40-13-8-14-44-42-12-5-7-16-46(42)51-48(40)44/h1-31H. The van der Waals surface area contributed by atoms with Crippen LogP contribution in [0, 0.1) is 0 Å². The fourth-order valence-corrected chi connectivity index (χ4v) is 7.35. The lowest BCUT2D eigenvalue weighted by Crippen LogP contribution is -2.09. The Hall–Kier alpha value is -6.84. The second-order valence-corrected chi connectivity index (χ2v) is 12.9. The van der Waals surface area contributed by atoms with Crippen LogP contribution in [0.4, 0.5) is 17.1 Å². The van der Waals surface area contributed by atoms with E-state index >= 15 is 0 Å². The molecule has 0 N–H and O–H groups in total. The Morgan fingerprint density at radius 2 is 0.765 bits per heavy atom. The lowest BCUT2D eigenvalue weighted by Gasteiger charge is -2.26. The number of para-hydroxylation sites is 3. The van der Waals surface area contributed by atoms with Crippen molar-refractivity contribution in [3.8, 4) is 33.4 Å². The van der Waals surface area contributed by atoms with E-state index in [2.05, 4.69) is 169 Å². The molecule has 0 spiro atoms. The SMILES string of the molecule is c1ccc(-c2ccc(N(c3ccc(-c4ccc5c(c4)oc4ccccc45)cc3)c3ccc(-c4cccc5c4oc4ccccc45)cc3)cc2)cc1. The van der Waals surface area contributed by atoms with Crippen molar-refractivity contribution in [2.24, 2.45) is 0 Å². The maximum Gasteiger partial charge on any atom is 0.143 e. The number of furan rings is 2. The summed E-state index contributed by atoms with van der Waals surface area (Å²) in [5.41, 5.74) is 13.7. The highest BCUT2D eigenvalue weighted by Gasteiger charge is 2.16. The van der Waals surface area contributed by atoms with Gasteiger partial charge in [0.05, 0.1) is 0 Å². The lowest BCUT2D eigenvalue weighted by molar-refractivity contribution is 0.669. The molecule has 0 bridgehead atoms. The molecular weight excluding hydrogens is 623 g/mol. The second kappa shape index (κ2) is 11.9. The number of fused-ring (bicyclic) bond motifs is 6. The summed E-state index contributed by atoms with van der Waals surface area (Å²) in [5.74, 6) is 0. The summed E-state index contributed by atoms with van der Waals surface area (Å²) in [5, 5.41) is 4.55. The minimum atomic E-state index is 0.899. The first-order chi connectivity index (χ1) is 25.3. The van der Waals surface area contributed by atoms with Crippen LogP contribution in [0.1, 0.15) is 0 Å². The summed E-state index contributed by atoms with van der Waals surface area (Å²) >= 11 is 0. The van der Waals surface area contributed by atoms with Crippen LogP contribution >= 0.6 is 0 Å². The van der Waals surface area contributed by atoms with Crippen LogP contribution < -0.4 is 4.90 Å². The van der Waals surface area contributed by atoms with E-state index in [-0.39, 0.29) is 0 Å². The minimum Gasteiger partial charge on any atom is -0.456 e. The van der Waals surface area contributed by atoms with Crippen molar-refractivity contribution in [2.75, 3.05) is 4.90 Å². The molecule has 0 aliphatic heterocycles. The van der Waals surface area contributed by atoms with Gasteiger partial charge in [0.15, 0.2) is 0 Å². The average molecular weight is 654 g/mol. The van der Waals surface area contributed by atoms with Gasteiger partial charge in [-0.2, -0.15) is 0 Å². The third-order valence-corrected chi connectivity index (χ3v) is 9.91. The molecule has 3 nitrogen and oxygen atoms in total. The summed E-state index contributed by atoms with van der Waals surface area (Å²) in [7, 11) is 0. The molecule has 0 aliphatic carbocycles. The van der Waals surface area contributed by atoms with Crippen LogP contribution in [-0.4, -0.2) is 0 Å². The van der Waals surface area contributed by atoms with E-state index in [4.69, 9.17) is 8.83 Å². The van der Waals surface area contributed by atoms with Gasteiger partial charge in [0.2, 0.25) is 0 Å². The van der Waals surface area contributed by atoms with E-state index in [9.17, 15) is 0 Å². The molecule has 0 saturated heterocycles. The highest BCUT2D eigenvalue weighted by Crippen LogP contribution is 2.40. The van der Waals surface area contributed by atoms with E-state index in [0.29, 0.717) is 0 Å². The molecule has 0 saturated carbocycles. The summed E-state index contributed by atoms with van der Waals surface area (Å²) < 4.78 is 12.6. The molecule has 0 fully saturated rings. The quantitative estimate of drug-likeness (QED) is 0.179. The van der Waals surface area contributed by atoms with Crippen LogP contribution in [0.3, 0.4) is 0 Å². The first-order valence-corrected chi connectivity index (χ1v) is 17.2. The lowest BCUT2D eigenvalue weighted by atomic mass is 10.0. The minimum absolute atomic E-state index is 0.899. The molecule has 51 heavy (non-hydrogen) atoms. The van der Waals surface area contributed by atoms with E-state index < -0.39 is 0 Å². The van der Waals surface area contributed by atoms with Gasteiger partial charge in [-0.05, 0) is 88.5 Å². The van der Waals surface area contributed by atoms with Gasteiger partial charge in [-0.1, -0.05) is 127 Å². The van der Waals surface area contributed by atoms with Gasteiger partial charge >= 0.3 is 0 Å². The molecule has 0 unspecified atom stereocenters. The van der Waals surface area contributed by atoms with Gasteiger partial charge < -0.3 is 13.7 Å². The maximum absolute atomic E-state index is 6.37. The molecule has 0 radical (unpaired) electrons. The van der Waals surface area contributed by atoms with E-state index in [1.165, 1.54) is 11.1 Å². The van der Waals surface area contributed by atoms with Crippen LogP contribution in [-0.2, 0) is 0 Å². The van der Waals surface area contributed by atoms with Crippen molar-refractivity contribution in [3.05, 3.63) is 188 Å². The molecule has 3 heteroatoms. The monoisotopic (exact) mass is 653 g/mol. The van der Waals surface area contributed by atoms with Crippen LogP contribution in [0.25, 0.3) is 77.3 Å². The van der Waals surface area contributed by atoms with E-state index in [0.717, 1.165) is 83.2 Å². The Labute approximate surface area is 295 Å². The van der Waals surface area contributed by atoms with Crippen molar-refractivity contribution < 1.29 is 8.83 Å². The van der Waals surface area contributed by atoms with Gasteiger partial charge in [0.25, 0.3) is 0 Å². The molecule has 0 atom stereocenters. The first kappa shape index (κ1) is 29.1. The smallest absolute Gasteiger partial charge is 0.143 e. The Balaban J connectivity index is 1.03. The van der Waals surface area contributed by atoms with Crippen molar-refractivity contribution in [3.63, 3.8) is 0 Å². The molecule has 10 aromatic rings. The summed E-state index contributed by atoms with van der Waals surface area (Å²) in [6.45, 7) is 0. The molecule has 240 valence electrons. The molecule has 0 aliphatic rings. The first-order valence-electron chi connectivity index (χ1n) is 17.2. The molecule has 0 amide bonds. The van der Waals surface area contributed by atoms with Gasteiger partial charge in [-0.15, -0.1) is 0 Å². The van der Waals surface area contributed by atoms with E-state index in [1.54, 1.807) is 0 Å². The second-order valence-electron chi connectivity index (χ2n) is 12.9. The fourth-order valence-electron chi connectivity index (χ4n) is 7.35. The number of nitrogens with zero attached hydrogens (tertiary/aromatic N) is 1. The van der Waals surface area contributed by atoms with Gasteiger partial charge in [-0.25, -0.2) is 0 Å². The van der Waals surface area contributed by atoms with Gasteiger partial charge in [0.1, 0.15) is 22.3 Å². The highest BCUT2D eigenvalue weighted by molar-refractivity contribution is 6.09. The zero-order chi connectivity index (χ0) is 33.7. The number of hydrogen-bond donors (Lipinski definition) is 0. The fraction of sp³-hybridized carbons (Fsp3) is 0. The van der Waals surface area contributed by atoms with Crippen molar-refractivity contribution in [1.82, 2.24) is 0 Å². The highest BCUT2D eigenvalue weighted by atomic mass is 16.3. The molecule has 2 aromatic heterocycles. The predicted molar refractivity (Wildman–Crippen MR) is 212 cm³/mol. The number of rotatable bonds is 6. The molecule has 2 heterocycles. The zero-order valence-corrected chi connectivity index (χ0v) is 27.7. The van der Waals surface area contributed by atoms with E-state index in [1.807, 2.05) is 24.3 Å². The Morgan fingerprint density at radius 1 is 0.294 bits per heavy atom. The zero-order valence-electron chi connectivity index (χ0n) is 27.7. The van der Waals surface area contributed by atoms with Crippen molar-refractivity contribution in [2.45, 2.75) is 0 Å². The Morgan fingerprint density at radius 3 is 1.43 bits per heavy atom.